The smallest absolute Gasteiger partial charge is 0.246 e. The van der Waals surface area contributed by atoms with Crippen LogP contribution in [-0.2, 0) is 11.3 Å². The Balaban J connectivity index is 1.53. The van der Waals surface area contributed by atoms with E-state index in [1.54, 1.807) is 22.2 Å². The van der Waals surface area contributed by atoms with E-state index in [1.165, 1.54) is 4.88 Å². The molecule has 154 valence electrons. The van der Waals surface area contributed by atoms with Crippen LogP contribution < -0.4 is 10.2 Å². The van der Waals surface area contributed by atoms with Crippen molar-refractivity contribution in [3.63, 3.8) is 0 Å². The van der Waals surface area contributed by atoms with E-state index in [0.717, 1.165) is 46.8 Å². The van der Waals surface area contributed by atoms with Gasteiger partial charge < -0.3 is 10.2 Å². The van der Waals surface area contributed by atoms with Gasteiger partial charge in [-0.15, -0.1) is 11.3 Å². The summed E-state index contributed by atoms with van der Waals surface area (Å²) in [7, 11) is 0. The number of aryl methyl sites for hydroxylation is 1. The van der Waals surface area contributed by atoms with Crippen LogP contribution in [0.5, 0.6) is 0 Å². The third kappa shape index (κ3) is 3.93. The molecule has 3 aromatic heterocycles. The summed E-state index contributed by atoms with van der Waals surface area (Å²) in [5, 5.41) is 10.6. The fourth-order valence-electron chi connectivity index (χ4n) is 3.71. The Labute approximate surface area is 180 Å². The molecule has 4 aromatic rings. The van der Waals surface area contributed by atoms with Gasteiger partial charge in [0.2, 0.25) is 5.91 Å². The van der Waals surface area contributed by atoms with Gasteiger partial charge >= 0.3 is 0 Å². The van der Waals surface area contributed by atoms with Gasteiger partial charge in [0.15, 0.2) is 5.65 Å². The first kappa shape index (κ1) is 20.1. The van der Waals surface area contributed by atoms with Crippen LogP contribution in [0.15, 0.2) is 54.0 Å². The van der Waals surface area contributed by atoms with Crippen molar-refractivity contribution in [3.8, 4) is 10.4 Å². The Bertz CT molecular complexity index is 1140. The summed E-state index contributed by atoms with van der Waals surface area (Å²) in [6, 6.07) is 14.1. The van der Waals surface area contributed by atoms with Crippen LogP contribution in [0.1, 0.15) is 19.5 Å². The molecule has 0 spiro atoms. The number of nitrogens with one attached hydrogen (secondary N) is 1. The predicted molar refractivity (Wildman–Crippen MR) is 124 cm³/mol. The summed E-state index contributed by atoms with van der Waals surface area (Å²) in [5.74, 6) is -0.127. The molecule has 1 N–H and O–H groups in total. The van der Waals surface area contributed by atoms with Crippen molar-refractivity contribution in [1.29, 1.82) is 0 Å². The van der Waals surface area contributed by atoms with Gasteiger partial charge in [0.05, 0.1) is 11.1 Å². The van der Waals surface area contributed by atoms with E-state index in [2.05, 4.69) is 45.6 Å². The van der Waals surface area contributed by atoms with Crippen molar-refractivity contribution < 1.29 is 4.79 Å². The number of nitrogens with zero attached hydrogens (tertiary/aromatic N) is 4. The van der Waals surface area contributed by atoms with Crippen molar-refractivity contribution >= 4 is 39.7 Å². The Kier molecular flexibility index (Phi) is 5.81. The zero-order valence-electron chi connectivity index (χ0n) is 17.4. The van der Waals surface area contributed by atoms with Crippen molar-refractivity contribution in [3.05, 3.63) is 59.7 Å². The highest BCUT2D eigenvalue weighted by Crippen LogP contribution is 2.32. The average molecular weight is 420 g/mol. The first-order valence-electron chi connectivity index (χ1n) is 10.1. The van der Waals surface area contributed by atoms with Gasteiger partial charge in [-0.2, -0.15) is 5.10 Å². The molecule has 4 rings (SSSR count). The van der Waals surface area contributed by atoms with Gasteiger partial charge in [-0.25, -0.2) is 9.67 Å². The number of fused-ring (bicyclic) bond motifs is 1. The highest BCUT2D eigenvalue weighted by molar-refractivity contribution is 7.13. The summed E-state index contributed by atoms with van der Waals surface area (Å²) < 4.78 is 1.68. The van der Waals surface area contributed by atoms with Crippen LogP contribution in [0.3, 0.4) is 0 Å². The third-order valence-electron chi connectivity index (χ3n) is 5.17. The number of rotatable bonds is 7. The minimum atomic E-state index is -0.127. The molecule has 0 aliphatic heterocycles. The van der Waals surface area contributed by atoms with Crippen molar-refractivity contribution in [2.75, 3.05) is 23.3 Å². The fraction of sp³-hybridized carbons (Fsp3) is 0.261. The molecule has 0 aliphatic rings. The van der Waals surface area contributed by atoms with E-state index >= 15 is 0 Å². The number of hydrogen-bond acceptors (Lipinski definition) is 5. The molecule has 6 nitrogen and oxygen atoms in total. The monoisotopic (exact) mass is 419 g/mol. The maximum absolute atomic E-state index is 12.7. The zero-order valence-corrected chi connectivity index (χ0v) is 18.2. The minimum absolute atomic E-state index is 0.114. The lowest BCUT2D eigenvalue weighted by Crippen LogP contribution is -2.22. The number of anilines is 2. The maximum Gasteiger partial charge on any atom is 0.246 e. The summed E-state index contributed by atoms with van der Waals surface area (Å²) in [5.41, 5.74) is 4.63. The molecule has 3 heterocycles. The van der Waals surface area contributed by atoms with E-state index in [9.17, 15) is 4.79 Å². The van der Waals surface area contributed by atoms with Crippen LogP contribution in [0.2, 0.25) is 0 Å². The second-order valence-corrected chi connectivity index (χ2v) is 7.99. The lowest BCUT2D eigenvalue weighted by molar-refractivity contribution is -0.116. The Morgan fingerprint density at radius 2 is 1.90 bits per heavy atom. The van der Waals surface area contributed by atoms with Gasteiger partial charge in [0.25, 0.3) is 0 Å². The molecule has 0 saturated carbocycles. The highest BCUT2D eigenvalue weighted by atomic mass is 32.1. The number of aromatic nitrogens is 3. The highest BCUT2D eigenvalue weighted by Gasteiger charge is 2.16. The van der Waals surface area contributed by atoms with Crippen LogP contribution in [0.4, 0.5) is 11.4 Å². The first-order chi connectivity index (χ1) is 14.6. The van der Waals surface area contributed by atoms with Crippen LogP contribution >= 0.6 is 11.3 Å². The number of pyridine rings is 1. The molecule has 0 radical (unpaired) electrons. The number of carbonyl (C=O) groups is 1. The van der Waals surface area contributed by atoms with Gasteiger partial charge in [-0.05, 0) is 62.5 Å². The third-order valence-corrected chi connectivity index (χ3v) is 6.07. The van der Waals surface area contributed by atoms with Crippen LogP contribution in [0, 0.1) is 6.92 Å². The summed E-state index contributed by atoms with van der Waals surface area (Å²) in [4.78, 5) is 20.6. The number of thiophene rings is 1. The summed E-state index contributed by atoms with van der Waals surface area (Å²) in [6.45, 7) is 8.24. The number of carbonyl (C=O) groups excluding carboxylic acids is 1. The van der Waals surface area contributed by atoms with E-state index < -0.39 is 0 Å². The minimum Gasteiger partial charge on any atom is -0.372 e. The molecule has 1 amide bonds. The van der Waals surface area contributed by atoms with Crippen LogP contribution in [-0.4, -0.2) is 33.8 Å². The predicted octanol–water partition coefficient (Wildman–Crippen LogP) is 4.95. The maximum atomic E-state index is 12.7. The Morgan fingerprint density at radius 1 is 1.13 bits per heavy atom. The van der Waals surface area contributed by atoms with Gasteiger partial charge in [-0.3, -0.25) is 4.79 Å². The van der Waals surface area contributed by atoms with E-state index in [0.29, 0.717) is 0 Å². The van der Waals surface area contributed by atoms with Crippen molar-refractivity contribution in [2.24, 2.45) is 0 Å². The molecule has 30 heavy (non-hydrogen) atoms. The second kappa shape index (κ2) is 8.67. The van der Waals surface area contributed by atoms with Crippen molar-refractivity contribution in [1.82, 2.24) is 14.8 Å². The van der Waals surface area contributed by atoms with Crippen molar-refractivity contribution in [2.45, 2.75) is 27.3 Å². The van der Waals surface area contributed by atoms with Gasteiger partial charge in [0.1, 0.15) is 6.54 Å². The quantitative estimate of drug-likeness (QED) is 0.460. The average Bonchev–Trinajstić information content (AvgIpc) is 3.39. The molecule has 0 aliphatic carbocycles. The standard InChI is InChI=1S/C23H25N5OS/c1-4-27(5-2)18-10-8-17(9-11-18)25-21(29)15-28-23-22(16(3)26-28)19(12-13-24-23)20-7-6-14-30-20/h6-14H,4-5,15H2,1-3H3,(H,25,29). The summed E-state index contributed by atoms with van der Waals surface area (Å²) in [6.07, 6.45) is 1.78. The molecule has 0 unspecified atom stereocenters. The molecule has 0 atom stereocenters. The van der Waals surface area contributed by atoms with Crippen LogP contribution in [0.25, 0.3) is 21.5 Å². The SMILES string of the molecule is CCN(CC)c1ccc(NC(=O)Cn2nc(C)c3c(-c4cccs4)ccnc32)cc1. The normalized spacial score (nSPS) is 11.0. The van der Waals surface area contributed by atoms with Gasteiger partial charge in [-0.1, -0.05) is 6.07 Å². The summed E-state index contributed by atoms with van der Waals surface area (Å²) >= 11 is 1.68. The number of hydrogen-bond donors (Lipinski definition) is 1. The zero-order chi connectivity index (χ0) is 21.1. The largest absolute Gasteiger partial charge is 0.372 e. The number of benzene rings is 1. The molecule has 7 heteroatoms. The molecular formula is C23H25N5OS. The second-order valence-electron chi connectivity index (χ2n) is 7.04. The van der Waals surface area contributed by atoms with E-state index in [4.69, 9.17) is 0 Å². The first-order valence-corrected chi connectivity index (χ1v) is 11.0. The molecule has 0 saturated heterocycles. The lowest BCUT2D eigenvalue weighted by atomic mass is 10.1. The van der Waals surface area contributed by atoms with E-state index in [-0.39, 0.29) is 12.5 Å². The lowest BCUT2D eigenvalue weighted by Gasteiger charge is -2.21. The Hall–Kier alpha value is -3.19. The molecule has 0 fully saturated rings. The molecule has 1 aromatic carbocycles. The topological polar surface area (TPSA) is 63.1 Å². The fourth-order valence-corrected chi connectivity index (χ4v) is 4.47. The Morgan fingerprint density at radius 3 is 2.57 bits per heavy atom. The molecular weight excluding hydrogens is 394 g/mol. The van der Waals surface area contributed by atoms with Gasteiger partial charge in [0, 0.05) is 41.1 Å². The molecule has 0 bridgehead atoms. The number of amides is 1. The van der Waals surface area contributed by atoms with E-state index in [1.807, 2.05) is 43.3 Å².